The molecule has 1 atom stereocenters. The third-order valence-electron chi connectivity index (χ3n) is 4.29. The average Bonchev–Trinajstić information content (AvgIpc) is 3.10. The van der Waals surface area contributed by atoms with Gasteiger partial charge in [0, 0.05) is 25.6 Å². The molecular formula is C19H21N3O5. The molecule has 1 aliphatic heterocycles. The van der Waals surface area contributed by atoms with E-state index in [0.717, 1.165) is 5.56 Å². The Balaban J connectivity index is 1.58. The highest BCUT2D eigenvalue weighted by molar-refractivity contribution is 5.97. The van der Waals surface area contributed by atoms with Crippen molar-refractivity contribution in [3.8, 4) is 0 Å². The lowest BCUT2D eigenvalue weighted by molar-refractivity contribution is -0.147. The Morgan fingerprint density at radius 1 is 1.33 bits per heavy atom. The highest BCUT2D eigenvalue weighted by atomic mass is 16.5. The third-order valence-corrected chi connectivity index (χ3v) is 4.29. The topological polar surface area (TPSA) is 102 Å². The van der Waals surface area contributed by atoms with Gasteiger partial charge in [-0.25, -0.2) is 0 Å². The summed E-state index contributed by atoms with van der Waals surface area (Å²) in [4.78, 5) is 38.3. The third kappa shape index (κ3) is 4.72. The van der Waals surface area contributed by atoms with Gasteiger partial charge in [0.1, 0.15) is 6.04 Å². The normalized spacial score (nSPS) is 16.7. The van der Waals surface area contributed by atoms with Crippen LogP contribution in [0.3, 0.4) is 0 Å². The Morgan fingerprint density at radius 3 is 2.81 bits per heavy atom. The van der Waals surface area contributed by atoms with Crippen LogP contribution < -0.4 is 5.32 Å². The number of ether oxygens (including phenoxy) is 1. The number of aromatic nitrogens is 1. The smallest absolute Gasteiger partial charge is 0.308 e. The number of aryl methyl sites for hydroxylation is 1. The largest absolute Gasteiger partial charge is 0.465 e. The predicted octanol–water partition coefficient (Wildman–Crippen LogP) is 1.10. The van der Waals surface area contributed by atoms with Gasteiger partial charge < -0.3 is 19.5 Å². The molecule has 2 aromatic rings. The van der Waals surface area contributed by atoms with E-state index in [9.17, 15) is 14.4 Å². The van der Waals surface area contributed by atoms with Gasteiger partial charge in [0.15, 0.2) is 0 Å². The summed E-state index contributed by atoms with van der Waals surface area (Å²) in [5.74, 6) is -1.33. The molecule has 142 valence electrons. The van der Waals surface area contributed by atoms with Crippen molar-refractivity contribution in [3.05, 3.63) is 53.4 Å². The standard InChI is InChI=1S/C19H21N3O5/c1-13-11-16(27-21-13)19(25)22-9-8-20-18(24)15(22)12-17(23)26-10-7-14-5-3-2-4-6-14/h2-6,11,15H,7-10,12H2,1H3,(H,20,24). The predicted molar refractivity (Wildman–Crippen MR) is 94.8 cm³/mol. The van der Waals surface area contributed by atoms with Gasteiger partial charge in [0.25, 0.3) is 5.91 Å². The lowest BCUT2D eigenvalue weighted by Gasteiger charge is -2.33. The monoisotopic (exact) mass is 371 g/mol. The molecule has 2 amide bonds. The Hall–Kier alpha value is -3.16. The molecule has 0 radical (unpaired) electrons. The molecule has 1 saturated heterocycles. The minimum Gasteiger partial charge on any atom is -0.465 e. The van der Waals surface area contributed by atoms with Gasteiger partial charge in [0.05, 0.1) is 18.7 Å². The van der Waals surface area contributed by atoms with Gasteiger partial charge >= 0.3 is 5.97 Å². The summed E-state index contributed by atoms with van der Waals surface area (Å²) >= 11 is 0. The van der Waals surface area contributed by atoms with E-state index in [1.165, 1.54) is 11.0 Å². The number of carbonyl (C=O) groups is 3. The zero-order valence-corrected chi connectivity index (χ0v) is 15.0. The maximum atomic E-state index is 12.6. The summed E-state index contributed by atoms with van der Waals surface area (Å²) in [6.07, 6.45) is 0.378. The lowest BCUT2D eigenvalue weighted by Crippen LogP contribution is -2.57. The minimum absolute atomic E-state index is 0.0460. The molecule has 0 saturated carbocycles. The van der Waals surface area contributed by atoms with Crippen molar-refractivity contribution in [1.29, 1.82) is 0 Å². The molecule has 1 N–H and O–H groups in total. The summed E-state index contributed by atoms with van der Waals surface area (Å²) in [5.41, 5.74) is 1.62. The number of hydrogen-bond acceptors (Lipinski definition) is 6. The van der Waals surface area contributed by atoms with Crippen LogP contribution in [0.2, 0.25) is 0 Å². The Labute approximate surface area is 156 Å². The Bertz CT molecular complexity index is 818. The van der Waals surface area contributed by atoms with Crippen LogP contribution in [0.5, 0.6) is 0 Å². The summed E-state index contributed by atoms with van der Waals surface area (Å²) in [6, 6.07) is 10.2. The van der Waals surface area contributed by atoms with Gasteiger partial charge in [-0.1, -0.05) is 35.5 Å². The fourth-order valence-corrected chi connectivity index (χ4v) is 2.91. The van der Waals surface area contributed by atoms with E-state index in [2.05, 4.69) is 10.5 Å². The van der Waals surface area contributed by atoms with Crippen LogP contribution >= 0.6 is 0 Å². The first-order valence-electron chi connectivity index (χ1n) is 8.76. The maximum absolute atomic E-state index is 12.6. The first kappa shape index (κ1) is 18.6. The van der Waals surface area contributed by atoms with Crippen molar-refractivity contribution < 1.29 is 23.6 Å². The highest BCUT2D eigenvalue weighted by Crippen LogP contribution is 2.15. The van der Waals surface area contributed by atoms with Gasteiger partial charge in [-0.15, -0.1) is 0 Å². The van der Waals surface area contributed by atoms with Gasteiger partial charge in [-0.05, 0) is 12.5 Å². The van der Waals surface area contributed by atoms with E-state index < -0.39 is 17.9 Å². The molecule has 1 unspecified atom stereocenters. The van der Waals surface area contributed by atoms with E-state index >= 15 is 0 Å². The molecule has 2 heterocycles. The second-order valence-electron chi connectivity index (χ2n) is 6.30. The van der Waals surface area contributed by atoms with Crippen LogP contribution in [-0.2, 0) is 20.7 Å². The number of benzene rings is 1. The second-order valence-corrected chi connectivity index (χ2v) is 6.30. The van der Waals surface area contributed by atoms with Crippen molar-refractivity contribution in [2.24, 2.45) is 0 Å². The van der Waals surface area contributed by atoms with Crippen molar-refractivity contribution in [1.82, 2.24) is 15.4 Å². The number of nitrogens with one attached hydrogen (secondary N) is 1. The number of rotatable bonds is 6. The molecule has 8 heteroatoms. The number of amides is 2. The molecule has 0 spiro atoms. The van der Waals surface area contributed by atoms with Crippen molar-refractivity contribution >= 4 is 17.8 Å². The zero-order chi connectivity index (χ0) is 19.2. The van der Waals surface area contributed by atoms with Crippen LogP contribution in [0.25, 0.3) is 0 Å². The zero-order valence-electron chi connectivity index (χ0n) is 15.0. The van der Waals surface area contributed by atoms with Crippen molar-refractivity contribution in [2.45, 2.75) is 25.8 Å². The number of nitrogens with zero attached hydrogens (tertiary/aromatic N) is 2. The molecule has 1 aromatic heterocycles. The molecule has 0 aliphatic carbocycles. The van der Waals surface area contributed by atoms with Crippen LogP contribution in [-0.4, -0.2) is 53.6 Å². The first-order valence-corrected chi connectivity index (χ1v) is 8.76. The van der Waals surface area contributed by atoms with Crippen LogP contribution in [0.4, 0.5) is 0 Å². The van der Waals surface area contributed by atoms with Crippen LogP contribution in [0.1, 0.15) is 28.2 Å². The number of esters is 1. The van der Waals surface area contributed by atoms with E-state index in [0.29, 0.717) is 18.7 Å². The molecular weight excluding hydrogens is 350 g/mol. The number of piperazine rings is 1. The Kier molecular flexibility index (Phi) is 5.85. The fourth-order valence-electron chi connectivity index (χ4n) is 2.91. The van der Waals surface area contributed by atoms with E-state index in [4.69, 9.17) is 9.26 Å². The van der Waals surface area contributed by atoms with E-state index in [-0.39, 0.29) is 31.2 Å². The molecule has 0 bridgehead atoms. The molecule has 27 heavy (non-hydrogen) atoms. The summed E-state index contributed by atoms with van der Waals surface area (Å²) in [6.45, 7) is 2.51. The molecule has 1 fully saturated rings. The molecule has 3 rings (SSSR count). The van der Waals surface area contributed by atoms with Crippen molar-refractivity contribution in [3.63, 3.8) is 0 Å². The number of hydrogen-bond donors (Lipinski definition) is 1. The second kappa shape index (κ2) is 8.48. The number of carbonyl (C=O) groups excluding carboxylic acids is 3. The molecule has 1 aliphatic rings. The van der Waals surface area contributed by atoms with E-state index in [1.54, 1.807) is 6.92 Å². The summed E-state index contributed by atoms with van der Waals surface area (Å²) in [7, 11) is 0. The van der Waals surface area contributed by atoms with Crippen LogP contribution in [0.15, 0.2) is 40.9 Å². The van der Waals surface area contributed by atoms with Crippen LogP contribution in [0, 0.1) is 6.92 Å². The van der Waals surface area contributed by atoms with Gasteiger partial charge in [0.2, 0.25) is 11.7 Å². The minimum atomic E-state index is -0.930. The lowest BCUT2D eigenvalue weighted by atomic mass is 10.1. The quantitative estimate of drug-likeness (QED) is 0.763. The fraction of sp³-hybridized carbons (Fsp3) is 0.368. The maximum Gasteiger partial charge on any atom is 0.308 e. The Morgan fingerprint density at radius 2 is 2.11 bits per heavy atom. The molecule has 8 nitrogen and oxygen atoms in total. The van der Waals surface area contributed by atoms with Gasteiger partial charge in [-0.2, -0.15) is 0 Å². The first-order chi connectivity index (χ1) is 13.0. The van der Waals surface area contributed by atoms with Gasteiger partial charge in [-0.3, -0.25) is 14.4 Å². The SMILES string of the molecule is Cc1cc(C(=O)N2CCNC(=O)C2CC(=O)OCCc2ccccc2)on1. The average molecular weight is 371 g/mol. The summed E-state index contributed by atoms with van der Waals surface area (Å²) in [5, 5.41) is 6.37. The molecule has 1 aromatic carbocycles. The summed E-state index contributed by atoms with van der Waals surface area (Å²) < 4.78 is 10.2. The highest BCUT2D eigenvalue weighted by Gasteiger charge is 2.36. The van der Waals surface area contributed by atoms with Crippen molar-refractivity contribution in [2.75, 3.05) is 19.7 Å². The van der Waals surface area contributed by atoms with E-state index in [1.807, 2.05) is 30.3 Å².